The highest BCUT2D eigenvalue weighted by molar-refractivity contribution is 5.42. The Labute approximate surface area is 103 Å². The lowest BCUT2D eigenvalue weighted by Gasteiger charge is -2.21. The fraction of sp³-hybridized carbons (Fsp3) is 0.571. The summed E-state index contributed by atoms with van der Waals surface area (Å²) < 4.78 is 11.1. The van der Waals surface area contributed by atoms with E-state index >= 15 is 0 Å². The van der Waals surface area contributed by atoms with E-state index in [0.29, 0.717) is 12.1 Å². The highest BCUT2D eigenvalue weighted by Crippen LogP contribution is 2.34. The van der Waals surface area contributed by atoms with Crippen LogP contribution < -0.4 is 14.8 Å². The van der Waals surface area contributed by atoms with Crippen LogP contribution in [0.1, 0.15) is 38.3 Å². The van der Waals surface area contributed by atoms with Gasteiger partial charge in [-0.15, -0.1) is 0 Å². The van der Waals surface area contributed by atoms with Crippen molar-refractivity contribution >= 4 is 0 Å². The topological polar surface area (TPSA) is 30.5 Å². The normalized spacial score (nSPS) is 19.4. The molecule has 0 spiro atoms. The lowest BCUT2D eigenvalue weighted by molar-refractivity contribution is 0.314. The molecule has 1 aromatic carbocycles. The maximum atomic E-state index is 5.76. The molecule has 1 aromatic rings. The molecule has 3 nitrogen and oxygen atoms in total. The average Bonchev–Trinajstić information content (AvgIpc) is 2.51. The zero-order valence-electron chi connectivity index (χ0n) is 10.8. The van der Waals surface area contributed by atoms with Crippen LogP contribution >= 0.6 is 0 Å². The van der Waals surface area contributed by atoms with E-state index in [2.05, 4.69) is 25.2 Å². The Morgan fingerprint density at radius 3 is 2.94 bits per heavy atom. The maximum Gasteiger partial charge on any atom is 0.124 e. The van der Waals surface area contributed by atoms with Crippen molar-refractivity contribution in [3.8, 4) is 11.5 Å². The van der Waals surface area contributed by atoms with Crippen molar-refractivity contribution in [1.29, 1.82) is 0 Å². The molecular weight excluding hydrogens is 214 g/mol. The van der Waals surface area contributed by atoms with Crippen molar-refractivity contribution in [2.45, 2.75) is 38.8 Å². The second-order valence-electron chi connectivity index (χ2n) is 4.77. The molecule has 1 unspecified atom stereocenters. The molecule has 0 aliphatic carbocycles. The van der Waals surface area contributed by atoms with Gasteiger partial charge in [0.25, 0.3) is 0 Å². The minimum absolute atomic E-state index is 0.364. The maximum absolute atomic E-state index is 5.76. The van der Waals surface area contributed by atoms with Gasteiger partial charge < -0.3 is 14.8 Å². The molecule has 0 radical (unpaired) electrons. The van der Waals surface area contributed by atoms with Crippen molar-refractivity contribution < 1.29 is 9.47 Å². The smallest absolute Gasteiger partial charge is 0.124 e. The Bertz CT molecular complexity index is 376. The van der Waals surface area contributed by atoms with Crippen LogP contribution in [0.3, 0.4) is 0 Å². The van der Waals surface area contributed by atoms with Crippen molar-refractivity contribution in [3.05, 3.63) is 23.8 Å². The van der Waals surface area contributed by atoms with Gasteiger partial charge in [0, 0.05) is 17.6 Å². The molecule has 1 aliphatic rings. The van der Waals surface area contributed by atoms with Crippen molar-refractivity contribution in [1.82, 2.24) is 5.32 Å². The number of benzene rings is 1. The van der Waals surface area contributed by atoms with Gasteiger partial charge in [-0.05, 0) is 31.0 Å². The highest BCUT2D eigenvalue weighted by Gasteiger charge is 2.20. The van der Waals surface area contributed by atoms with Crippen LogP contribution in [0.5, 0.6) is 11.5 Å². The molecule has 1 N–H and O–H groups in total. The number of nitrogens with one attached hydrogen (secondary N) is 1. The standard InChI is InChI=1S/C14H21NO2/c1-10(2)15-13-5-4-8-17-14-7-6-11(16-3)9-12(13)14/h6-7,9-10,13,15H,4-5,8H2,1-3H3. The summed E-state index contributed by atoms with van der Waals surface area (Å²) in [5.41, 5.74) is 1.22. The summed E-state index contributed by atoms with van der Waals surface area (Å²) in [4.78, 5) is 0. The van der Waals surface area contributed by atoms with Gasteiger partial charge in [0.05, 0.1) is 13.7 Å². The molecule has 0 amide bonds. The summed E-state index contributed by atoms with van der Waals surface area (Å²) >= 11 is 0. The molecule has 0 fully saturated rings. The largest absolute Gasteiger partial charge is 0.497 e. The third-order valence-corrected chi connectivity index (χ3v) is 3.02. The van der Waals surface area contributed by atoms with E-state index in [-0.39, 0.29) is 0 Å². The molecule has 1 heterocycles. The molecule has 94 valence electrons. The Kier molecular flexibility index (Phi) is 3.89. The summed E-state index contributed by atoms with van der Waals surface area (Å²) in [5, 5.41) is 3.59. The number of rotatable bonds is 3. The second kappa shape index (κ2) is 5.41. The molecule has 0 aromatic heterocycles. The summed E-state index contributed by atoms with van der Waals surface area (Å²) in [6.45, 7) is 5.15. The summed E-state index contributed by atoms with van der Waals surface area (Å²) in [6.07, 6.45) is 2.19. The van der Waals surface area contributed by atoms with Crippen LogP contribution in [-0.2, 0) is 0 Å². The van der Waals surface area contributed by atoms with E-state index in [4.69, 9.17) is 9.47 Å². The third kappa shape index (κ3) is 2.91. The van der Waals surface area contributed by atoms with Gasteiger partial charge >= 0.3 is 0 Å². The van der Waals surface area contributed by atoms with Gasteiger partial charge in [-0.25, -0.2) is 0 Å². The molecule has 0 saturated carbocycles. The van der Waals surface area contributed by atoms with Crippen LogP contribution in [0.15, 0.2) is 18.2 Å². The van der Waals surface area contributed by atoms with Crippen molar-refractivity contribution in [3.63, 3.8) is 0 Å². The van der Waals surface area contributed by atoms with E-state index in [1.54, 1.807) is 7.11 Å². The van der Waals surface area contributed by atoms with Crippen LogP contribution in [0, 0.1) is 0 Å². The molecule has 1 atom stereocenters. The number of fused-ring (bicyclic) bond motifs is 1. The first-order chi connectivity index (χ1) is 8.20. The van der Waals surface area contributed by atoms with Gasteiger partial charge in [-0.3, -0.25) is 0 Å². The van der Waals surface area contributed by atoms with Crippen LogP contribution in [0.2, 0.25) is 0 Å². The highest BCUT2D eigenvalue weighted by atomic mass is 16.5. The summed E-state index contributed by atoms with van der Waals surface area (Å²) in [7, 11) is 1.70. The molecule has 2 rings (SSSR count). The predicted octanol–water partition coefficient (Wildman–Crippen LogP) is 2.91. The zero-order chi connectivity index (χ0) is 12.3. The SMILES string of the molecule is COc1ccc2c(c1)C(NC(C)C)CCCO2. The van der Waals surface area contributed by atoms with E-state index in [1.807, 2.05) is 12.1 Å². The third-order valence-electron chi connectivity index (χ3n) is 3.02. The number of hydrogen-bond donors (Lipinski definition) is 1. The lowest BCUT2D eigenvalue weighted by Crippen LogP contribution is -2.27. The van der Waals surface area contributed by atoms with E-state index in [9.17, 15) is 0 Å². The Morgan fingerprint density at radius 2 is 2.24 bits per heavy atom. The van der Waals surface area contributed by atoms with Crippen LogP contribution in [0.25, 0.3) is 0 Å². The van der Waals surface area contributed by atoms with Gasteiger partial charge in [-0.2, -0.15) is 0 Å². The molecular formula is C14H21NO2. The predicted molar refractivity (Wildman–Crippen MR) is 68.7 cm³/mol. The van der Waals surface area contributed by atoms with E-state index < -0.39 is 0 Å². The first kappa shape index (κ1) is 12.2. The molecule has 0 saturated heterocycles. The Hall–Kier alpha value is -1.22. The molecule has 0 bridgehead atoms. The lowest BCUT2D eigenvalue weighted by atomic mass is 10.0. The molecule has 17 heavy (non-hydrogen) atoms. The van der Waals surface area contributed by atoms with Gasteiger partial charge in [0.1, 0.15) is 11.5 Å². The van der Waals surface area contributed by atoms with E-state index in [0.717, 1.165) is 30.9 Å². The van der Waals surface area contributed by atoms with Crippen LogP contribution in [0.4, 0.5) is 0 Å². The van der Waals surface area contributed by atoms with Gasteiger partial charge in [-0.1, -0.05) is 13.8 Å². The fourth-order valence-corrected chi connectivity index (χ4v) is 2.26. The monoisotopic (exact) mass is 235 g/mol. The average molecular weight is 235 g/mol. The minimum atomic E-state index is 0.364. The van der Waals surface area contributed by atoms with Crippen molar-refractivity contribution in [2.24, 2.45) is 0 Å². The molecule has 3 heteroatoms. The first-order valence-corrected chi connectivity index (χ1v) is 6.27. The van der Waals surface area contributed by atoms with Gasteiger partial charge in [0.2, 0.25) is 0 Å². The number of ether oxygens (including phenoxy) is 2. The Morgan fingerprint density at radius 1 is 1.41 bits per heavy atom. The Balaban J connectivity index is 2.31. The second-order valence-corrected chi connectivity index (χ2v) is 4.77. The number of hydrogen-bond acceptors (Lipinski definition) is 3. The molecule has 1 aliphatic heterocycles. The van der Waals surface area contributed by atoms with Gasteiger partial charge in [0.15, 0.2) is 0 Å². The first-order valence-electron chi connectivity index (χ1n) is 6.27. The van der Waals surface area contributed by atoms with Crippen LogP contribution in [-0.4, -0.2) is 19.8 Å². The summed E-state index contributed by atoms with van der Waals surface area (Å²) in [5.74, 6) is 1.88. The number of methoxy groups -OCH3 is 1. The fourth-order valence-electron chi connectivity index (χ4n) is 2.26. The summed E-state index contributed by atoms with van der Waals surface area (Å²) in [6, 6.07) is 6.88. The van der Waals surface area contributed by atoms with E-state index in [1.165, 1.54) is 5.56 Å². The zero-order valence-corrected chi connectivity index (χ0v) is 10.8. The quantitative estimate of drug-likeness (QED) is 0.873. The minimum Gasteiger partial charge on any atom is -0.497 e. The van der Waals surface area contributed by atoms with Crippen molar-refractivity contribution in [2.75, 3.05) is 13.7 Å².